The summed E-state index contributed by atoms with van der Waals surface area (Å²) in [6, 6.07) is 6.13. The van der Waals surface area contributed by atoms with E-state index in [0.29, 0.717) is 25.3 Å². The monoisotopic (exact) mass is 251 g/mol. The standard InChI is InChI=1S/C13H18FN3O/c1-16(2)9-11-13(18)17(8-7-15-11)12-6-4-3-5-10(12)14/h3-6,11,15H,7-9H2,1-2H3. The Kier molecular flexibility index (Phi) is 3.93. The van der Waals surface area contributed by atoms with Gasteiger partial charge in [0, 0.05) is 19.6 Å². The minimum Gasteiger partial charge on any atom is -0.307 e. The first kappa shape index (κ1) is 13.0. The van der Waals surface area contributed by atoms with E-state index < -0.39 is 0 Å². The second-order valence-electron chi connectivity index (χ2n) is 4.71. The normalized spacial score (nSPS) is 20.6. The van der Waals surface area contributed by atoms with Crippen LogP contribution in [0, 0.1) is 5.82 Å². The molecule has 1 saturated heterocycles. The number of hydrogen-bond acceptors (Lipinski definition) is 3. The van der Waals surface area contributed by atoms with Gasteiger partial charge in [0.2, 0.25) is 5.91 Å². The maximum Gasteiger partial charge on any atom is 0.245 e. The van der Waals surface area contributed by atoms with E-state index in [1.165, 1.54) is 11.0 Å². The molecule has 0 bridgehead atoms. The molecule has 4 nitrogen and oxygen atoms in total. The Hall–Kier alpha value is -1.46. The molecule has 1 aliphatic heterocycles. The third-order valence-electron chi connectivity index (χ3n) is 2.98. The zero-order chi connectivity index (χ0) is 13.1. The summed E-state index contributed by atoms with van der Waals surface area (Å²) in [5, 5.41) is 3.16. The fourth-order valence-corrected chi connectivity index (χ4v) is 2.15. The molecule has 0 spiro atoms. The van der Waals surface area contributed by atoms with Gasteiger partial charge in [-0.2, -0.15) is 0 Å². The minimum atomic E-state index is -0.351. The average molecular weight is 251 g/mol. The molecular weight excluding hydrogens is 233 g/mol. The van der Waals surface area contributed by atoms with Crippen molar-refractivity contribution in [1.29, 1.82) is 0 Å². The fourth-order valence-electron chi connectivity index (χ4n) is 2.15. The maximum absolute atomic E-state index is 13.7. The third-order valence-corrected chi connectivity index (χ3v) is 2.98. The molecule has 18 heavy (non-hydrogen) atoms. The number of para-hydroxylation sites is 1. The number of anilines is 1. The lowest BCUT2D eigenvalue weighted by molar-refractivity contribution is -0.122. The van der Waals surface area contributed by atoms with E-state index in [1.54, 1.807) is 18.2 Å². The van der Waals surface area contributed by atoms with E-state index in [1.807, 2.05) is 19.0 Å². The summed E-state index contributed by atoms with van der Waals surface area (Å²) in [7, 11) is 3.83. The Morgan fingerprint density at radius 2 is 2.17 bits per heavy atom. The minimum absolute atomic E-state index is 0.0694. The molecule has 0 radical (unpaired) electrons. The molecule has 1 aromatic carbocycles. The quantitative estimate of drug-likeness (QED) is 0.858. The van der Waals surface area contributed by atoms with Crippen LogP contribution in [0.4, 0.5) is 10.1 Å². The summed E-state index contributed by atoms with van der Waals surface area (Å²) in [4.78, 5) is 15.8. The van der Waals surface area contributed by atoms with Crippen molar-refractivity contribution in [3.63, 3.8) is 0 Å². The lowest BCUT2D eigenvalue weighted by Crippen LogP contribution is -2.58. The number of carbonyl (C=O) groups excluding carboxylic acids is 1. The van der Waals surface area contributed by atoms with Crippen molar-refractivity contribution in [2.75, 3.05) is 38.6 Å². The van der Waals surface area contributed by atoms with Gasteiger partial charge < -0.3 is 15.1 Å². The number of likely N-dealkylation sites (N-methyl/N-ethyl adjacent to an activating group) is 1. The first-order valence-corrected chi connectivity index (χ1v) is 6.03. The van der Waals surface area contributed by atoms with Gasteiger partial charge in [0.05, 0.1) is 5.69 Å². The number of carbonyl (C=O) groups is 1. The van der Waals surface area contributed by atoms with Crippen molar-refractivity contribution in [2.45, 2.75) is 6.04 Å². The maximum atomic E-state index is 13.7. The van der Waals surface area contributed by atoms with Crippen LogP contribution in [0.5, 0.6) is 0 Å². The van der Waals surface area contributed by atoms with Crippen LogP contribution in [0.1, 0.15) is 0 Å². The van der Waals surface area contributed by atoms with Crippen molar-refractivity contribution >= 4 is 11.6 Å². The highest BCUT2D eigenvalue weighted by atomic mass is 19.1. The zero-order valence-corrected chi connectivity index (χ0v) is 10.7. The van der Waals surface area contributed by atoms with Crippen LogP contribution in [0.3, 0.4) is 0 Å². The Morgan fingerprint density at radius 1 is 1.44 bits per heavy atom. The van der Waals surface area contributed by atoms with Crippen molar-refractivity contribution in [3.05, 3.63) is 30.1 Å². The van der Waals surface area contributed by atoms with Crippen LogP contribution in [-0.2, 0) is 4.79 Å². The van der Waals surface area contributed by atoms with Gasteiger partial charge in [-0.25, -0.2) is 4.39 Å². The van der Waals surface area contributed by atoms with Gasteiger partial charge in [-0.3, -0.25) is 4.79 Å². The van der Waals surface area contributed by atoms with E-state index in [-0.39, 0.29) is 17.8 Å². The zero-order valence-electron chi connectivity index (χ0n) is 10.7. The Balaban J connectivity index is 2.19. The van der Waals surface area contributed by atoms with Gasteiger partial charge in [0.15, 0.2) is 0 Å². The molecule has 98 valence electrons. The molecular formula is C13H18FN3O. The van der Waals surface area contributed by atoms with Crippen molar-refractivity contribution in [3.8, 4) is 0 Å². The first-order chi connectivity index (χ1) is 8.59. The second-order valence-corrected chi connectivity index (χ2v) is 4.71. The predicted molar refractivity (Wildman–Crippen MR) is 69.1 cm³/mol. The van der Waals surface area contributed by atoms with Gasteiger partial charge in [-0.15, -0.1) is 0 Å². The fraction of sp³-hybridized carbons (Fsp3) is 0.462. The van der Waals surface area contributed by atoms with Crippen LogP contribution >= 0.6 is 0 Å². The molecule has 1 amide bonds. The Bertz CT molecular complexity index is 436. The molecule has 0 aromatic heterocycles. The Labute approximate surface area is 106 Å². The SMILES string of the molecule is CN(C)CC1NCCN(c2ccccc2F)C1=O. The third kappa shape index (κ3) is 2.68. The van der Waals surface area contributed by atoms with Crippen molar-refractivity contribution in [2.24, 2.45) is 0 Å². The molecule has 1 atom stereocenters. The van der Waals surface area contributed by atoms with Crippen LogP contribution in [0.2, 0.25) is 0 Å². The molecule has 1 aromatic rings. The average Bonchev–Trinajstić information content (AvgIpc) is 2.32. The summed E-state index contributed by atoms with van der Waals surface area (Å²) < 4.78 is 13.7. The van der Waals surface area contributed by atoms with E-state index in [9.17, 15) is 9.18 Å². The van der Waals surface area contributed by atoms with Crippen LogP contribution < -0.4 is 10.2 Å². The molecule has 2 rings (SSSR count). The molecule has 1 N–H and O–H groups in total. The van der Waals surface area contributed by atoms with E-state index >= 15 is 0 Å². The summed E-state index contributed by atoms with van der Waals surface area (Å²) in [6.45, 7) is 1.80. The van der Waals surface area contributed by atoms with Crippen LogP contribution in [0.25, 0.3) is 0 Å². The van der Waals surface area contributed by atoms with Crippen LogP contribution in [-0.4, -0.2) is 50.6 Å². The van der Waals surface area contributed by atoms with Crippen LogP contribution in [0.15, 0.2) is 24.3 Å². The topological polar surface area (TPSA) is 35.6 Å². The number of benzene rings is 1. The molecule has 1 unspecified atom stereocenters. The van der Waals surface area contributed by atoms with E-state index in [4.69, 9.17) is 0 Å². The van der Waals surface area contributed by atoms with Crippen molar-refractivity contribution in [1.82, 2.24) is 10.2 Å². The summed E-state index contributed by atoms with van der Waals surface area (Å²) >= 11 is 0. The highest BCUT2D eigenvalue weighted by Crippen LogP contribution is 2.20. The van der Waals surface area contributed by atoms with Gasteiger partial charge in [0.1, 0.15) is 11.9 Å². The number of nitrogens with one attached hydrogen (secondary N) is 1. The van der Waals surface area contributed by atoms with Gasteiger partial charge in [0.25, 0.3) is 0 Å². The van der Waals surface area contributed by atoms with Gasteiger partial charge >= 0.3 is 0 Å². The molecule has 1 fully saturated rings. The summed E-state index contributed by atoms with van der Waals surface area (Å²) in [6.07, 6.45) is 0. The number of nitrogens with zero attached hydrogens (tertiary/aromatic N) is 2. The molecule has 5 heteroatoms. The predicted octanol–water partition coefficient (Wildman–Crippen LogP) is 0.692. The smallest absolute Gasteiger partial charge is 0.245 e. The number of piperazine rings is 1. The molecule has 0 aliphatic carbocycles. The number of halogens is 1. The molecule has 0 saturated carbocycles. The molecule has 1 aliphatic rings. The summed E-state index contributed by atoms with van der Waals surface area (Å²) in [5.74, 6) is -0.420. The highest BCUT2D eigenvalue weighted by molar-refractivity contribution is 5.98. The first-order valence-electron chi connectivity index (χ1n) is 6.03. The number of rotatable bonds is 3. The number of hydrogen-bond donors (Lipinski definition) is 1. The lowest BCUT2D eigenvalue weighted by Gasteiger charge is -2.34. The second kappa shape index (κ2) is 5.46. The van der Waals surface area contributed by atoms with Gasteiger partial charge in [-0.05, 0) is 26.2 Å². The largest absolute Gasteiger partial charge is 0.307 e. The number of amides is 1. The van der Waals surface area contributed by atoms with E-state index in [0.717, 1.165) is 0 Å². The molecule has 1 heterocycles. The van der Waals surface area contributed by atoms with Crippen molar-refractivity contribution < 1.29 is 9.18 Å². The van der Waals surface area contributed by atoms with E-state index in [2.05, 4.69) is 5.32 Å². The highest BCUT2D eigenvalue weighted by Gasteiger charge is 2.30. The Morgan fingerprint density at radius 3 is 2.83 bits per heavy atom. The summed E-state index contributed by atoms with van der Waals surface area (Å²) in [5.41, 5.74) is 0.368. The van der Waals surface area contributed by atoms with Gasteiger partial charge in [-0.1, -0.05) is 12.1 Å². The lowest BCUT2D eigenvalue weighted by atomic mass is 10.1.